The second kappa shape index (κ2) is 5.84. The number of carbonyl (C=O) groups excluding carboxylic acids is 1. The fourth-order valence-corrected chi connectivity index (χ4v) is 2.07. The van der Waals surface area contributed by atoms with Gasteiger partial charge in [-0.3, -0.25) is 14.9 Å². The number of aryl methyl sites for hydroxylation is 1. The Balaban J connectivity index is 2.22. The van der Waals surface area contributed by atoms with E-state index in [2.05, 4.69) is 5.32 Å². The number of anilines is 1. The average molecular weight is 310 g/mol. The molecule has 2 aromatic rings. The van der Waals surface area contributed by atoms with Crippen LogP contribution < -0.4 is 10.1 Å². The first-order valence-electron chi connectivity index (χ1n) is 5.88. The van der Waals surface area contributed by atoms with E-state index in [-0.39, 0.29) is 11.4 Å². The van der Waals surface area contributed by atoms with Crippen molar-refractivity contribution in [3.8, 4) is 5.75 Å². The van der Waals surface area contributed by atoms with Crippen LogP contribution in [0.25, 0.3) is 0 Å². The number of hydrogen-bond donors (Lipinski definition) is 1. The Morgan fingerprint density at radius 3 is 2.67 bits per heavy atom. The molecule has 0 fully saturated rings. The highest BCUT2D eigenvalue weighted by Crippen LogP contribution is 2.27. The molecule has 1 aromatic carbocycles. The van der Waals surface area contributed by atoms with Crippen molar-refractivity contribution in [2.45, 2.75) is 0 Å². The van der Waals surface area contributed by atoms with Crippen LogP contribution in [-0.2, 0) is 7.05 Å². The number of ether oxygens (including phenoxy) is 1. The number of halogens is 1. The number of benzene rings is 1. The van der Waals surface area contributed by atoms with Crippen molar-refractivity contribution in [2.24, 2.45) is 7.05 Å². The molecule has 1 amide bonds. The van der Waals surface area contributed by atoms with E-state index < -0.39 is 10.8 Å². The minimum Gasteiger partial charge on any atom is -0.495 e. The van der Waals surface area contributed by atoms with Gasteiger partial charge in [0.25, 0.3) is 11.6 Å². The lowest BCUT2D eigenvalue weighted by Gasteiger charge is -2.08. The molecule has 1 N–H and O–H groups in total. The van der Waals surface area contributed by atoms with Crippen molar-refractivity contribution in [1.82, 2.24) is 4.57 Å². The van der Waals surface area contributed by atoms with Gasteiger partial charge in [0.15, 0.2) is 0 Å². The molecule has 0 unspecified atom stereocenters. The topological polar surface area (TPSA) is 86.4 Å². The molecule has 0 bridgehead atoms. The van der Waals surface area contributed by atoms with Gasteiger partial charge in [0.2, 0.25) is 0 Å². The molecule has 0 aliphatic rings. The molecule has 7 nitrogen and oxygen atoms in total. The third kappa shape index (κ3) is 3.14. The summed E-state index contributed by atoms with van der Waals surface area (Å²) in [6, 6.07) is 5.99. The molecular weight excluding hydrogens is 298 g/mol. The number of hydrogen-bond acceptors (Lipinski definition) is 4. The van der Waals surface area contributed by atoms with Gasteiger partial charge in [0.1, 0.15) is 11.4 Å². The lowest BCUT2D eigenvalue weighted by Crippen LogP contribution is -2.15. The quantitative estimate of drug-likeness (QED) is 0.695. The van der Waals surface area contributed by atoms with Gasteiger partial charge in [-0.2, -0.15) is 0 Å². The van der Waals surface area contributed by atoms with Crippen LogP contribution in [0, 0.1) is 10.1 Å². The molecule has 1 heterocycles. The molecule has 8 heteroatoms. The second-order valence-corrected chi connectivity index (χ2v) is 4.66. The van der Waals surface area contributed by atoms with Crippen molar-refractivity contribution in [2.75, 3.05) is 12.4 Å². The predicted molar refractivity (Wildman–Crippen MR) is 78.0 cm³/mol. The molecule has 0 saturated heterocycles. The number of methoxy groups -OCH3 is 1. The number of nitro groups is 1. The highest BCUT2D eigenvalue weighted by Gasteiger charge is 2.17. The zero-order chi connectivity index (χ0) is 15.6. The first-order valence-corrected chi connectivity index (χ1v) is 6.26. The number of rotatable bonds is 4. The van der Waals surface area contributed by atoms with Crippen LogP contribution >= 0.6 is 11.6 Å². The van der Waals surface area contributed by atoms with Crippen molar-refractivity contribution in [3.05, 3.63) is 51.3 Å². The van der Waals surface area contributed by atoms with E-state index in [4.69, 9.17) is 16.3 Å². The average Bonchev–Trinajstić information content (AvgIpc) is 2.81. The van der Waals surface area contributed by atoms with E-state index in [1.165, 1.54) is 30.0 Å². The Labute approximate surface area is 125 Å². The maximum absolute atomic E-state index is 12.1. The van der Waals surface area contributed by atoms with E-state index in [0.29, 0.717) is 16.5 Å². The van der Waals surface area contributed by atoms with Gasteiger partial charge in [-0.25, -0.2) is 0 Å². The number of amides is 1. The molecule has 0 atom stereocenters. The fraction of sp³-hybridized carbons (Fsp3) is 0.154. The monoisotopic (exact) mass is 309 g/mol. The van der Waals surface area contributed by atoms with Crippen molar-refractivity contribution < 1.29 is 14.5 Å². The summed E-state index contributed by atoms with van der Waals surface area (Å²) in [6.45, 7) is 0. The van der Waals surface area contributed by atoms with E-state index in [9.17, 15) is 14.9 Å². The van der Waals surface area contributed by atoms with Gasteiger partial charge < -0.3 is 14.6 Å². The Morgan fingerprint density at radius 2 is 2.14 bits per heavy atom. The predicted octanol–water partition coefficient (Wildman–Crippen LogP) is 2.85. The highest BCUT2D eigenvalue weighted by atomic mass is 35.5. The Hall–Kier alpha value is -2.54. The smallest absolute Gasteiger partial charge is 0.287 e. The molecule has 0 saturated carbocycles. The minimum absolute atomic E-state index is 0.143. The maximum Gasteiger partial charge on any atom is 0.287 e. The number of nitrogens with zero attached hydrogens (tertiary/aromatic N) is 2. The highest BCUT2D eigenvalue weighted by molar-refractivity contribution is 6.32. The standard InChI is InChI=1S/C13H12ClN3O4/c1-16-7-9(17(19)20)6-11(16)13(18)15-8-3-4-12(21-2)10(14)5-8/h3-7H,1-2H3,(H,15,18). The van der Waals surface area contributed by atoms with Gasteiger partial charge in [-0.15, -0.1) is 0 Å². The molecular formula is C13H12ClN3O4. The zero-order valence-corrected chi connectivity index (χ0v) is 12.0. The minimum atomic E-state index is -0.555. The van der Waals surface area contributed by atoms with Crippen LogP contribution in [0.4, 0.5) is 11.4 Å². The summed E-state index contributed by atoms with van der Waals surface area (Å²) in [5.41, 5.74) is 0.499. The van der Waals surface area contributed by atoms with Crippen molar-refractivity contribution in [3.63, 3.8) is 0 Å². The third-order valence-corrected chi connectivity index (χ3v) is 3.14. The lowest BCUT2D eigenvalue weighted by atomic mass is 10.3. The molecule has 0 spiro atoms. The first-order chi connectivity index (χ1) is 9.92. The van der Waals surface area contributed by atoms with E-state index in [0.717, 1.165) is 0 Å². The Kier molecular flexibility index (Phi) is 4.13. The van der Waals surface area contributed by atoms with Crippen LogP contribution in [0.15, 0.2) is 30.5 Å². The summed E-state index contributed by atoms with van der Waals surface area (Å²) in [5, 5.41) is 13.7. The van der Waals surface area contributed by atoms with Crippen LogP contribution in [-0.4, -0.2) is 22.5 Å². The van der Waals surface area contributed by atoms with Gasteiger partial charge in [0, 0.05) is 18.8 Å². The molecule has 0 aliphatic heterocycles. The summed E-state index contributed by atoms with van der Waals surface area (Å²) in [5.74, 6) is 0.0241. The number of aromatic nitrogens is 1. The fourth-order valence-electron chi connectivity index (χ4n) is 1.81. The maximum atomic E-state index is 12.1. The summed E-state index contributed by atoms with van der Waals surface area (Å²) >= 11 is 5.97. The Bertz CT molecular complexity index is 711. The summed E-state index contributed by atoms with van der Waals surface area (Å²) in [4.78, 5) is 22.2. The summed E-state index contributed by atoms with van der Waals surface area (Å²) < 4.78 is 6.40. The summed E-state index contributed by atoms with van der Waals surface area (Å²) in [6.07, 6.45) is 1.27. The zero-order valence-electron chi connectivity index (χ0n) is 11.3. The van der Waals surface area contributed by atoms with Gasteiger partial charge >= 0.3 is 0 Å². The van der Waals surface area contributed by atoms with E-state index in [1.807, 2.05) is 0 Å². The van der Waals surface area contributed by atoms with Crippen LogP contribution in [0.5, 0.6) is 5.75 Å². The Morgan fingerprint density at radius 1 is 1.43 bits per heavy atom. The number of nitrogens with one attached hydrogen (secondary N) is 1. The van der Waals surface area contributed by atoms with Gasteiger partial charge in [-0.1, -0.05) is 11.6 Å². The SMILES string of the molecule is COc1ccc(NC(=O)c2cc([N+](=O)[O-])cn2C)cc1Cl. The second-order valence-electron chi connectivity index (χ2n) is 4.26. The molecule has 1 aromatic heterocycles. The van der Waals surface area contributed by atoms with Gasteiger partial charge in [0.05, 0.1) is 23.3 Å². The van der Waals surface area contributed by atoms with Crippen molar-refractivity contribution in [1.29, 1.82) is 0 Å². The largest absolute Gasteiger partial charge is 0.495 e. The normalized spacial score (nSPS) is 10.2. The lowest BCUT2D eigenvalue weighted by molar-refractivity contribution is -0.384. The van der Waals surface area contributed by atoms with Crippen LogP contribution in [0.2, 0.25) is 5.02 Å². The first kappa shape index (κ1) is 14.9. The molecule has 2 rings (SSSR count). The van der Waals surface area contributed by atoms with Crippen molar-refractivity contribution >= 4 is 28.9 Å². The molecule has 0 radical (unpaired) electrons. The van der Waals surface area contributed by atoms with E-state index in [1.54, 1.807) is 19.2 Å². The number of carbonyl (C=O) groups is 1. The molecule has 0 aliphatic carbocycles. The van der Waals surface area contributed by atoms with Crippen LogP contribution in [0.3, 0.4) is 0 Å². The van der Waals surface area contributed by atoms with Crippen LogP contribution in [0.1, 0.15) is 10.5 Å². The summed E-state index contributed by atoms with van der Waals surface area (Å²) in [7, 11) is 3.05. The molecule has 21 heavy (non-hydrogen) atoms. The third-order valence-electron chi connectivity index (χ3n) is 2.84. The molecule has 110 valence electrons. The van der Waals surface area contributed by atoms with E-state index >= 15 is 0 Å². The van der Waals surface area contributed by atoms with Gasteiger partial charge in [-0.05, 0) is 18.2 Å².